The number of nitrogens with one attached hydrogen (secondary N) is 1. The molecule has 4 rings (SSSR count). The van der Waals surface area contributed by atoms with E-state index >= 15 is 0 Å². The third-order valence-electron chi connectivity index (χ3n) is 5.63. The maximum Gasteiger partial charge on any atom is 0.330 e. The molecule has 35 heavy (non-hydrogen) atoms. The van der Waals surface area contributed by atoms with Gasteiger partial charge in [-0.15, -0.1) is 23.5 Å². The van der Waals surface area contributed by atoms with Crippen molar-refractivity contribution < 1.29 is 19.1 Å². The number of thioether (sulfide) groups is 2. The van der Waals surface area contributed by atoms with E-state index in [0.717, 1.165) is 10.5 Å². The maximum atomic E-state index is 13.1. The second kappa shape index (κ2) is 10.8. The van der Waals surface area contributed by atoms with Crippen LogP contribution >= 0.6 is 58.3 Å². The fraction of sp³-hybridized carbons (Fsp3) is 0.391. The summed E-state index contributed by atoms with van der Waals surface area (Å²) in [5, 5.41) is 2.42. The van der Waals surface area contributed by atoms with Crippen LogP contribution in [0.5, 0.6) is 0 Å². The first-order valence-corrected chi connectivity index (χ1v) is 13.7. The van der Waals surface area contributed by atoms with Crippen molar-refractivity contribution in [1.82, 2.24) is 15.2 Å². The lowest BCUT2D eigenvalue weighted by Crippen LogP contribution is -2.71. The number of β-lactam (4-membered cyclic amide) rings is 1. The van der Waals surface area contributed by atoms with Gasteiger partial charge < -0.3 is 15.0 Å². The number of benzene rings is 1. The Labute approximate surface area is 226 Å². The van der Waals surface area contributed by atoms with Gasteiger partial charge in [0, 0.05) is 23.0 Å². The van der Waals surface area contributed by atoms with Gasteiger partial charge in [-0.2, -0.15) is 0 Å². The number of hydrogen-bond acceptors (Lipinski definition) is 7. The van der Waals surface area contributed by atoms with Crippen LogP contribution in [0.1, 0.15) is 12.5 Å². The molecule has 12 heteroatoms. The van der Waals surface area contributed by atoms with Crippen molar-refractivity contribution >= 4 is 76.1 Å². The van der Waals surface area contributed by atoms with Gasteiger partial charge in [0.05, 0.1) is 11.2 Å². The lowest BCUT2D eigenvalue weighted by Gasteiger charge is -2.44. The van der Waals surface area contributed by atoms with Crippen molar-refractivity contribution in [1.29, 1.82) is 0 Å². The minimum Gasteiger partial charge on any atom is -0.460 e. The summed E-state index contributed by atoms with van der Waals surface area (Å²) in [5.41, 5.74) is 0.847. The van der Waals surface area contributed by atoms with E-state index in [-0.39, 0.29) is 18.2 Å². The predicted octanol–water partition coefficient (Wildman–Crippen LogP) is 3.86. The molecule has 0 bridgehead atoms. The summed E-state index contributed by atoms with van der Waals surface area (Å²) in [6.45, 7) is 1.47. The third-order valence-corrected chi connectivity index (χ3v) is 9.13. The summed E-state index contributed by atoms with van der Waals surface area (Å²) in [4.78, 5) is 45.3. The number of aromatic nitrogens is 1. The lowest BCUT2D eigenvalue weighted by atomic mass is 9.95. The molecule has 3 unspecified atom stereocenters. The molecule has 1 aromatic carbocycles. The zero-order valence-corrected chi connectivity index (χ0v) is 22.4. The van der Waals surface area contributed by atoms with Crippen LogP contribution in [0, 0.1) is 0 Å². The average Bonchev–Trinajstić information content (AvgIpc) is 3.10. The molecule has 0 spiro atoms. The summed E-state index contributed by atoms with van der Waals surface area (Å²) < 4.78 is 2.81. The molecular formula is C23H22Cl3N3O4S2. The highest BCUT2D eigenvalue weighted by molar-refractivity contribution is 8.04. The van der Waals surface area contributed by atoms with Crippen LogP contribution < -0.4 is 5.32 Å². The van der Waals surface area contributed by atoms with Crippen LogP contribution in [0.25, 0.3) is 0 Å². The number of ether oxygens (including phenoxy) is 1. The second-order valence-corrected chi connectivity index (χ2v) is 13.6. The Morgan fingerprint density at radius 1 is 1.20 bits per heavy atom. The predicted molar refractivity (Wildman–Crippen MR) is 139 cm³/mol. The summed E-state index contributed by atoms with van der Waals surface area (Å²) in [7, 11) is 0. The van der Waals surface area contributed by atoms with E-state index in [4.69, 9.17) is 39.5 Å². The first kappa shape index (κ1) is 26.4. The van der Waals surface area contributed by atoms with E-state index < -0.39 is 38.6 Å². The van der Waals surface area contributed by atoms with Crippen LogP contribution in [-0.4, -0.2) is 66.0 Å². The highest BCUT2D eigenvalue weighted by Gasteiger charge is 2.66. The largest absolute Gasteiger partial charge is 0.460 e. The van der Waals surface area contributed by atoms with Gasteiger partial charge in [-0.05, 0) is 24.6 Å². The summed E-state index contributed by atoms with van der Waals surface area (Å²) in [6.07, 6.45) is 3.54. The Bertz CT molecular complexity index is 1090. The number of hydrogen-bond donors (Lipinski definition) is 1. The number of rotatable bonds is 8. The number of halogens is 3. The molecule has 3 heterocycles. The molecule has 0 radical (unpaired) electrons. The quantitative estimate of drug-likeness (QED) is 0.222. The lowest BCUT2D eigenvalue weighted by molar-refractivity contribution is -0.164. The number of amides is 2. The van der Waals surface area contributed by atoms with Crippen molar-refractivity contribution in [2.45, 2.75) is 44.2 Å². The normalized spacial score (nSPS) is 25.5. The fourth-order valence-corrected chi connectivity index (χ4v) is 7.12. The summed E-state index contributed by atoms with van der Waals surface area (Å²) in [5.74, 6) is -0.742. The van der Waals surface area contributed by atoms with Crippen molar-refractivity contribution in [3.8, 4) is 0 Å². The van der Waals surface area contributed by atoms with Crippen molar-refractivity contribution in [2.24, 2.45) is 0 Å². The molecule has 2 fully saturated rings. The Morgan fingerprint density at radius 2 is 1.89 bits per heavy atom. The number of carbonyl (C=O) groups is 3. The molecule has 1 aromatic heterocycles. The number of carbonyl (C=O) groups excluding carboxylic acids is 3. The topological polar surface area (TPSA) is 88.6 Å². The zero-order chi connectivity index (χ0) is 25.2. The van der Waals surface area contributed by atoms with E-state index in [9.17, 15) is 14.4 Å². The highest BCUT2D eigenvalue weighted by Crippen LogP contribution is 2.53. The molecule has 2 aliphatic heterocycles. The minimum atomic E-state index is -1.77. The molecule has 2 aliphatic rings. The van der Waals surface area contributed by atoms with Gasteiger partial charge in [0.1, 0.15) is 24.1 Å². The molecule has 7 nitrogen and oxygen atoms in total. The highest BCUT2D eigenvalue weighted by atomic mass is 35.6. The SMILES string of the molecule is CC1(CSc2ccncc2)S[C@H]2C(NC(=O)Cc3ccccc3)C(=O)N2C1C(=O)OCC(Cl)(Cl)Cl. The maximum absolute atomic E-state index is 13.1. The van der Waals surface area contributed by atoms with Crippen molar-refractivity contribution in [3.63, 3.8) is 0 Å². The van der Waals surface area contributed by atoms with E-state index in [1.165, 1.54) is 28.4 Å². The number of esters is 1. The average molecular weight is 575 g/mol. The summed E-state index contributed by atoms with van der Waals surface area (Å²) in [6, 6.07) is 11.4. The summed E-state index contributed by atoms with van der Waals surface area (Å²) >= 11 is 20.3. The molecule has 1 N–H and O–H groups in total. The molecule has 0 aliphatic carbocycles. The van der Waals surface area contributed by atoms with Gasteiger partial charge in [-0.1, -0.05) is 65.1 Å². The third kappa shape index (κ3) is 6.20. The van der Waals surface area contributed by atoms with E-state index in [1.807, 2.05) is 49.4 Å². The number of fused-ring (bicyclic) bond motifs is 1. The number of alkyl halides is 3. The number of nitrogens with zero attached hydrogens (tertiary/aromatic N) is 2. The number of pyridine rings is 1. The van der Waals surface area contributed by atoms with Gasteiger partial charge in [0.25, 0.3) is 0 Å². The Hall–Kier alpha value is -1.65. The van der Waals surface area contributed by atoms with Crippen LogP contribution in [0.15, 0.2) is 59.8 Å². The molecular weight excluding hydrogens is 553 g/mol. The zero-order valence-electron chi connectivity index (χ0n) is 18.5. The first-order valence-electron chi connectivity index (χ1n) is 10.7. The van der Waals surface area contributed by atoms with Gasteiger partial charge in [0.15, 0.2) is 0 Å². The van der Waals surface area contributed by atoms with Crippen LogP contribution in [0.4, 0.5) is 0 Å². The molecule has 2 amide bonds. The van der Waals surface area contributed by atoms with E-state index in [1.54, 1.807) is 12.4 Å². The standard InChI is InChI=1S/C23H22Cl3N3O4S2/c1-22(13-34-15-7-9-27-10-8-15)18(21(32)33-12-23(24,25)26)29-19(31)17(20(29)35-22)28-16(30)11-14-5-3-2-4-6-14/h2-10,17-18,20H,11-13H2,1H3,(H,28,30)/t17?,18?,20-,22?/m0/s1. The van der Waals surface area contributed by atoms with Crippen molar-refractivity contribution in [2.75, 3.05) is 12.4 Å². The van der Waals surface area contributed by atoms with Crippen molar-refractivity contribution in [3.05, 3.63) is 60.4 Å². The first-order chi connectivity index (χ1) is 16.6. The molecule has 4 atom stereocenters. The molecule has 2 aromatic rings. The van der Waals surface area contributed by atoms with Gasteiger partial charge in [-0.3, -0.25) is 14.6 Å². The Morgan fingerprint density at radius 3 is 2.54 bits per heavy atom. The van der Waals surface area contributed by atoms with E-state index in [0.29, 0.717) is 5.75 Å². The van der Waals surface area contributed by atoms with Crippen LogP contribution in [-0.2, 0) is 25.5 Å². The Kier molecular flexibility index (Phi) is 8.12. The van der Waals surface area contributed by atoms with Gasteiger partial charge >= 0.3 is 5.97 Å². The van der Waals surface area contributed by atoms with Crippen LogP contribution in [0.2, 0.25) is 0 Å². The van der Waals surface area contributed by atoms with Gasteiger partial charge in [-0.25, -0.2) is 4.79 Å². The molecule has 186 valence electrons. The molecule has 2 saturated heterocycles. The smallest absolute Gasteiger partial charge is 0.330 e. The Balaban J connectivity index is 1.49. The van der Waals surface area contributed by atoms with Crippen LogP contribution in [0.3, 0.4) is 0 Å². The second-order valence-electron chi connectivity index (χ2n) is 8.37. The molecule has 0 saturated carbocycles. The fourth-order valence-electron chi connectivity index (χ4n) is 4.03. The van der Waals surface area contributed by atoms with Gasteiger partial charge in [0.2, 0.25) is 15.6 Å². The minimum absolute atomic E-state index is 0.159. The van der Waals surface area contributed by atoms with E-state index in [2.05, 4.69) is 10.3 Å². The monoisotopic (exact) mass is 573 g/mol.